The molecule has 2 heterocycles. The molecule has 0 aromatic carbocycles. The van der Waals surface area contributed by atoms with Crippen molar-refractivity contribution >= 4 is 34.6 Å². The van der Waals surface area contributed by atoms with Crippen LogP contribution in [0, 0.1) is 0 Å². The van der Waals surface area contributed by atoms with Crippen molar-refractivity contribution in [3.63, 3.8) is 0 Å². The zero-order chi connectivity index (χ0) is 15.6. The number of aryl methyl sites for hydroxylation is 1. The van der Waals surface area contributed by atoms with E-state index in [0.717, 1.165) is 14.2 Å². The fourth-order valence-corrected chi connectivity index (χ4v) is 2.08. The van der Waals surface area contributed by atoms with Crippen LogP contribution in [0.1, 0.15) is 20.8 Å². The van der Waals surface area contributed by atoms with E-state index >= 15 is 0 Å². The summed E-state index contributed by atoms with van der Waals surface area (Å²) in [7, 11) is 4.01. The van der Waals surface area contributed by atoms with Crippen molar-refractivity contribution in [1.82, 2.24) is 9.55 Å². The second-order valence-electron chi connectivity index (χ2n) is 3.92. The Labute approximate surface area is 124 Å². The minimum absolute atomic E-state index is 0.153. The Kier molecular flexibility index (Phi) is 4.41. The summed E-state index contributed by atoms with van der Waals surface area (Å²) in [6.45, 7) is 0. The Morgan fingerprint density at radius 2 is 1.81 bits per heavy atom. The van der Waals surface area contributed by atoms with Crippen LogP contribution in [0.5, 0.6) is 0 Å². The second kappa shape index (κ2) is 6.08. The van der Waals surface area contributed by atoms with Crippen molar-refractivity contribution in [3.8, 4) is 0 Å². The smallest absolute Gasteiger partial charge is 0.334 e. The third kappa shape index (κ3) is 2.82. The third-order valence-corrected chi connectivity index (χ3v) is 2.93. The predicted octanol–water partition coefficient (Wildman–Crippen LogP) is 1.66. The summed E-state index contributed by atoms with van der Waals surface area (Å²) in [6, 6.07) is 1.37. The topological polar surface area (TPSA) is 88.9 Å². The predicted molar refractivity (Wildman–Crippen MR) is 70.6 cm³/mol. The fourth-order valence-electron chi connectivity index (χ4n) is 1.80. The van der Waals surface area contributed by atoms with E-state index in [-0.39, 0.29) is 11.3 Å². The van der Waals surface area contributed by atoms with Gasteiger partial charge in [0.1, 0.15) is 5.65 Å². The molecule has 0 saturated heterocycles. The summed E-state index contributed by atoms with van der Waals surface area (Å²) >= 11 is 6.04. The van der Waals surface area contributed by atoms with Crippen LogP contribution in [0.2, 0.25) is 5.02 Å². The van der Waals surface area contributed by atoms with Gasteiger partial charge in [0.05, 0.1) is 24.8 Å². The summed E-state index contributed by atoms with van der Waals surface area (Å²) in [6.07, 6.45) is 1.59. The van der Waals surface area contributed by atoms with E-state index in [1.165, 1.54) is 6.07 Å². The molecule has 2 aromatic heterocycles. The van der Waals surface area contributed by atoms with Gasteiger partial charge < -0.3 is 4.57 Å². The summed E-state index contributed by atoms with van der Waals surface area (Å²) < 4.78 is 1.60. The standard InChI is InChI=1S/C12H11ClN2O6/c1-15-5-8(13)6-4-7(11(16)20-18-2)9(14-10(6)15)12(17)21-19-3/h4-5H,1-3H3. The first-order valence-electron chi connectivity index (χ1n) is 5.65. The molecule has 112 valence electrons. The molecule has 0 radical (unpaired) electrons. The number of rotatable bonds is 4. The lowest BCUT2D eigenvalue weighted by molar-refractivity contribution is -0.218. The summed E-state index contributed by atoms with van der Waals surface area (Å²) in [4.78, 5) is 45.2. The molecule has 0 atom stereocenters. The first kappa shape index (κ1) is 15.2. The molecule has 0 spiro atoms. The van der Waals surface area contributed by atoms with E-state index < -0.39 is 11.9 Å². The van der Waals surface area contributed by atoms with Gasteiger partial charge in [0, 0.05) is 18.6 Å². The van der Waals surface area contributed by atoms with Crippen molar-refractivity contribution < 1.29 is 29.1 Å². The Bertz CT molecular complexity index is 653. The van der Waals surface area contributed by atoms with Crippen molar-refractivity contribution in [3.05, 3.63) is 28.5 Å². The van der Waals surface area contributed by atoms with Gasteiger partial charge in [0.15, 0.2) is 5.69 Å². The molecular weight excluding hydrogens is 304 g/mol. The van der Waals surface area contributed by atoms with E-state index in [2.05, 4.69) is 24.5 Å². The SMILES string of the molecule is COOC(=O)c1cc2c(Cl)cn(C)c2nc1C(=O)OOC. The summed E-state index contributed by atoms with van der Waals surface area (Å²) in [5, 5.41) is 0.856. The molecule has 0 N–H and O–H groups in total. The minimum Gasteiger partial charge on any atom is -0.334 e. The molecule has 0 unspecified atom stereocenters. The molecule has 0 saturated carbocycles. The maximum Gasteiger partial charge on any atom is 0.392 e. The maximum absolute atomic E-state index is 11.9. The minimum atomic E-state index is -0.945. The number of hydrogen-bond donors (Lipinski definition) is 0. The van der Waals surface area contributed by atoms with Crippen LogP contribution in [0.4, 0.5) is 0 Å². The summed E-state index contributed by atoms with van der Waals surface area (Å²) in [5.41, 5.74) is -0.0270. The highest BCUT2D eigenvalue weighted by molar-refractivity contribution is 6.35. The van der Waals surface area contributed by atoms with Gasteiger partial charge >= 0.3 is 11.9 Å². The molecule has 0 bridgehead atoms. The number of carbonyl (C=O) groups is 2. The number of pyridine rings is 1. The zero-order valence-corrected chi connectivity index (χ0v) is 12.1. The van der Waals surface area contributed by atoms with E-state index in [1.807, 2.05) is 0 Å². The quantitative estimate of drug-likeness (QED) is 0.626. The van der Waals surface area contributed by atoms with Crippen LogP contribution >= 0.6 is 11.6 Å². The Morgan fingerprint density at radius 1 is 1.19 bits per heavy atom. The highest BCUT2D eigenvalue weighted by Gasteiger charge is 2.25. The number of nitrogens with zero attached hydrogens (tertiary/aromatic N) is 2. The van der Waals surface area contributed by atoms with Crippen molar-refractivity contribution in [2.75, 3.05) is 14.2 Å². The number of aromatic nitrogens is 2. The van der Waals surface area contributed by atoms with Gasteiger partial charge in [-0.2, -0.15) is 9.78 Å². The molecule has 8 nitrogen and oxygen atoms in total. The average Bonchev–Trinajstić information content (AvgIpc) is 2.73. The first-order chi connectivity index (χ1) is 9.99. The lowest BCUT2D eigenvalue weighted by Crippen LogP contribution is -2.16. The van der Waals surface area contributed by atoms with E-state index in [4.69, 9.17) is 11.6 Å². The third-order valence-electron chi connectivity index (χ3n) is 2.63. The molecule has 0 aliphatic carbocycles. The molecular formula is C12H11ClN2O6. The molecule has 0 aliphatic heterocycles. The largest absolute Gasteiger partial charge is 0.392 e. The summed E-state index contributed by atoms with van der Waals surface area (Å²) in [5.74, 6) is -1.85. The van der Waals surface area contributed by atoms with Crippen LogP contribution in [0.25, 0.3) is 11.0 Å². The van der Waals surface area contributed by atoms with E-state index in [1.54, 1.807) is 17.8 Å². The molecule has 2 rings (SSSR count). The number of hydrogen-bond acceptors (Lipinski definition) is 7. The van der Waals surface area contributed by atoms with Gasteiger partial charge in [-0.15, -0.1) is 0 Å². The van der Waals surface area contributed by atoms with Crippen molar-refractivity contribution in [2.24, 2.45) is 7.05 Å². The van der Waals surface area contributed by atoms with Crippen LogP contribution < -0.4 is 0 Å². The number of halogens is 1. The molecule has 0 aliphatic rings. The van der Waals surface area contributed by atoms with Crippen LogP contribution in [0.15, 0.2) is 12.3 Å². The van der Waals surface area contributed by atoms with Crippen molar-refractivity contribution in [1.29, 1.82) is 0 Å². The van der Waals surface area contributed by atoms with Crippen LogP contribution in [0.3, 0.4) is 0 Å². The van der Waals surface area contributed by atoms with Crippen LogP contribution in [-0.4, -0.2) is 35.7 Å². The van der Waals surface area contributed by atoms with Gasteiger partial charge in [-0.25, -0.2) is 14.6 Å². The molecule has 0 fully saturated rings. The molecule has 2 aromatic rings. The van der Waals surface area contributed by atoms with Gasteiger partial charge in [0.2, 0.25) is 0 Å². The Balaban J connectivity index is 2.66. The Hall–Kier alpha value is -2.16. The van der Waals surface area contributed by atoms with Gasteiger partial charge in [0.25, 0.3) is 0 Å². The van der Waals surface area contributed by atoms with E-state index in [0.29, 0.717) is 16.1 Å². The normalized spacial score (nSPS) is 10.7. The van der Waals surface area contributed by atoms with Gasteiger partial charge in [-0.05, 0) is 6.07 Å². The number of fused-ring (bicyclic) bond motifs is 1. The van der Waals surface area contributed by atoms with Crippen molar-refractivity contribution in [2.45, 2.75) is 0 Å². The highest BCUT2D eigenvalue weighted by atomic mass is 35.5. The molecule has 21 heavy (non-hydrogen) atoms. The zero-order valence-electron chi connectivity index (χ0n) is 11.4. The first-order valence-corrected chi connectivity index (χ1v) is 6.03. The average molecular weight is 315 g/mol. The molecule has 9 heteroatoms. The number of carbonyl (C=O) groups excluding carboxylic acids is 2. The van der Waals surface area contributed by atoms with E-state index in [9.17, 15) is 9.59 Å². The van der Waals surface area contributed by atoms with Gasteiger partial charge in [-0.1, -0.05) is 11.6 Å². The molecule has 0 amide bonds. The van der Waals surface area contributed by atoms with Gasteiger partial charge in [-0.3, -0.25) is 9.78 Å². The van der Waals surface area contributed by atoms with Crippen LogP contribution in [-0.2, 0) is 26.6 Å². The lowest BCUT2D eigenvalue weighted by Gasteiger charge is -2.07. The highest BCUT2D eigenvalue weighted by Crippen LogP contribution is 2.26. The lowest BCUT2D eigenvalue weighted by atomic mass is 10.1. The monoisotopic (exact) mass is 314 g/mol. The fraction of sp³-hybridized carbons (Fsp3) is 0.250. The second-order valence-corrected chi connectivity index (χ2v) is 4.33. The Morgan fingerprint density at radius 3 is 2.43 bits per heavy atom. The maximum atomic E-state index is 11.9.